The van der Waals surface area contributed by atoms with Crippen molar-refractivity contribution < 1.29 is 9.59 Å². The van der Waals surface area contributed by atoms with E-state index in [-0.39, 0.29) is 18.4 Å². The number of aryl methyl sites for hydroxylation is 2. The van der Waals surface area contributed by atoms with Gasteiger partial charge < -0.3 is 10.2 Å². The molecule has 0 bridgehead atoms. The Morgan fingerprint density at radius 1 is 0.967 bits per heavy atom. The number of benzene rings is 2. The maximum absolute atomic E-state index is 13.1. The summed E-state index contributed by atoms with van der Waals surface area (Å²) < 4.78 is 0. The molecule has 0 aromatic heterocycles. The van der Waals surface area contributed by atoms with Crippen molar-refractivity contribution in [2.75, 3.05) is 29.9 Å². The fraction of sp³-hybridized carbons (Fsp3) is 0.280. The van der Waals surface area contributed by atoms with Crippen molar-refractivity contribution in [3.8, 4) is 0 Å². The smallest absolute Gasteiger partial charge is 0.278 e. The van der Waals surface area contributed by atoms with E-state index in [4.69, 9.17) is 0 Å². The molecule has 30 heavy (non-hydrogen) atoms. The molecule has 5 heteroatoms. The van der Waals surface area contributed by atoms with Gasteiger partial charge in [-0.05, 0) is 67.6 Å². The second-order valence-corrected chi connectivity index (χ2v) is 7.92. The lowest BCUT2D eigenvalue weighted by Gasteiger charge is -2.18. The highest BCUT2D eigenvalue weighted by atomic mass is 16.2. The highest BCUT2D eigenvalue weighted by molar-refractivity contribution is 6.36. The summed E-state index contributed by atoms with van der Waals surface area (Å²) in [6.07, 6.45) is 4.02. The number of carbonyl (C=O) groups is 2. The third-order valence-corrected chi connectivity index (χ3v) is 5.88. The van der Waals surface area contributed by atoms with E-state index < -0.39 is 0 Å². The number of amides is 2. The van der Waals surface area contributed by atoms with Crippen LogP contribution >= 0.6 is 0 Å². The van der Waals surface area contributed by atoms with Gasteiger partial charge in [0.2, 0.25) is 0 Å². The molecule has 2 heterocycles. The third kappa shape index (κ3) is 3.63. The molecule has 2 amide bonds. The second-order valence-electron chi connectivity index (χ2n) is 7.92. The number of rotatable bonds is 6. The van der Waals surface area contributed by atoms with Crippen LogP contribution in [0.5, 0.6) is 0 Å². The molecule has 0 saturated carbocycles. The number of nitrogens with zero attached hydrogens (tertiary/aromatic N) is 2. The zero-order chi connectivity index (χ0) is 21.3. The van der Waals surface area contributed by atoms with Gasteiger partial charge >= 0.3 is 0 Å². The first kappa shape index (κ1) is 20.0. The first-order chi connectivity index (χ1) is 14.5. The van der Waals surface area contributed by atoms with E-state index in [2.05, 4.69) is 28.9 Å². The first-order valence-corrected chi connectivity index (χ1v) is 10.4. The highest BCUT2D eigenvalue weighted by Gasteiger charge is 2.38. The van der Waals surface area contributed by atoms with E-state index in [1.54, 1.807) is 6.08 Å². The Balaban J connectivity index is 1.69. The van der Waals surface area contributed by atoms with Gasteiger partial charge in [0.25, 0.3) is 11.8 Å². The van der Waals surface area contributed by atoms with Gasteiger partial charge in [-0.25, -0.2) is 0 Å². The molecule has 154 valence electrons. The van der Waals surface area contributed by atoms with Gasteiger partial charge in [-0.2, -0.15) is 0 Å². The number of anilines is 2. The van der Waals surface area contributed by atoms with Crippen LogP contribution in [0.25, 0.3) is 5.57 Å². The molecule has 1 N–H and O–H groups in total. The van der Waals surface area contributed by atoms with Crippen LogP contribution in [-0.2, 0) is 9.59 Å². The van der Waals surface area contributed by atoms with E-state index >= 15 is 0 Å². The molecule has 1 fully saturated rings. The predicted octanol–water partition coefficient (Wildman–Crippen LogP) is 4.28. The lowest BCUT2D eigenvalue weighted by Crippen LogP contribution is -2.32. The monoisotopic (exact) mass is 401 g/mol. The summed E-state index contributed by atoms with van der Waals surface area (Å²) in [5.41, 5.74) is 5.68. The molecule has 5 nitrogen and oxygen atoms in total. The molecule has 4 rings (SSSR count). The standard InChI is InChI=1S/C25H27N3O2/c1-4-13-28-24(29)22(19-8-7-17(2)18(3)16-19)23(25(28)30)26-20-9-11-21(12-10-20)27-14-5-6-15-27/h4,7-12,16,26H,1,5-6,13-15H2,2-3H3. The van der Waals surface area contributed by atoms with E-state index in [0.717, 1.165) is 35.5 Å². The zero-order valence-corrected chi connectivity index (χ0v) is 17.6. The Labute approximate surface area is 177 Å². The molecule has 1 saturated heterocycles. The van der Waals surface area contributed by atoms with Crippen LogP contribution in [0.15, 0.2) is 60.8 Å². The van der Waals surface area contributed by atoms with Gasteiger partial charge in [-0.3, -0.25) is 14.5 Å². The van der Waals surface area contributed by atoms with Crippen molar-refractivity contribution in [3.63, 3.8) is 0 Å². The molecular weight excluding hydrogens is 374 g/mol. The molecule has 0 spiro atoms. The fourth-order valence-electron chi connectivity index (χ4n) is 4.03. The van der Waals surface area contributed by atoms with Crippen molar-refractivity contribution in [2.45, 2.75) is 26.7 Å². The number of nitrogens with one attached hydrogen (secondary N) is 1. The summed E-state index contributed by atoms with van der Waals surface area (Å²) in [5.74, 6) is -0.615. The molecule has 0 atom stereocenters. The van der Waals surface area contributed by atoms with E-state index in [1.807, 2.05) is 44.2 Å². The fourth-order valence-corrected chi connectivity index (χ4v) is 4.03. The van der Waals surface area contributed by atoms with Gasteiger partial charge in [0.05, 0.1) is 5.57 Å². The van der Waals surface area contributed by atoms with E-state index in [9.17, 15) is 9.59 Å². The number of carbonyl (C=O) groups excluding carboxylic acids is 2. The van der Waals surface area contributed by atoms with Gasteiger partial charge in [0, 0.05) is 31.0 Å². The van der Waals surface area contributed by atoms with Crippen LogP contribution in [0.1, 0.15) is 29.5 Å². The Kier molecular flexibility index (Phi) is 5.44. The number of imide groups is 1. The molecule has 2 aliphatic rings. The van der Waals surface area contributed by atoms with Gasteiger partial charge in [-0.15, -0.1) is 6.58 Å². The van der Waals surface area contributed by atoms with Crippen molar-refractivity contribution in [1.82, 2.24) is 4.90 Å². The van der Waals surface area contributed by atoms with E-state index in [0.29, 0.717) is 11.3 Å². The minimum atomic E-state index is -0.322. The Bertz CT molecular complexity index is 1030. The topological polar surface area (TPSA) is 52.7 Å². The lowest BCUT2D eigenvalue weighted by atomic mass is 9.99. The molecule has 0 unspecified atom stereocenters. The average Bonchev–Trinajstić information content (AvgIpc) is 3.35. The number of hydrogen-bond donors (Lipinski definition) is 1. The zero-order valence-electron chi connectivity index (χ0n) is 17.6. The SMILES string of the molecule is C=CCN1C(=O)C(Nc2ccc(N3CCCC3)cc2)=C(c2ccc(C)c(C)c2)C1=O. The first-order valence-electron chi connectivity index (χ1n) is 10.4. The maximum Gasteiger partial charge on any atom is 0.278 e. The summed E-state index contributed by atoms with van der Waals surface area (Å²) in [4.78, 5) is 29.7. The summed E-state index contributed by atoms with van der Waals surface area (Å²) in [6.45, 7) is 10.1. The van der Waals surface area contributed by atoms with Gasteiger partial charge in [0.15, 0.2) is 0 Å². The predicted molar refractivity (Wildman–Crippen MR) is 121 cm³/mol. The molecule has 0 aliphatic carbocycles. The molecule has 2 aliphatic heterocycles. The summed E-state index contributed by atoms with van der Waals surface area (Å²) in [7, 11) is 0. The minimum absolute atomic E-state index is 0.186. The molecular formula is C25H27N3O2. The quantitative estimate of drug-likeness (QED) is 0.580. The van der Waals surface area contributed by atoms with E-state index in [1.165, 1.54) is 23.4 Å². The lowest BCUT2D eigenvalue weighted by molar-refractivity contribution is -0.136. The summed E-state index contributed by atoms with van der Waals surface area (Å²) in [6, 6.07) is 13.9. The largest absolute Gasteiger partial charge is 0.372 e. The average molecular weight is 402 g/mol. The van der Waals surface area contributed by atoms with Crippen molar-refractivity contribution in [2.24, 2.45) is 0 Å². The van der Waals surface area contributed by atoms with Gasteiger partial charge in [0.1, 0.15) is 5.70 Å². The third-order valence-electron chi connectivity index (χ3n) is 5.88. The Hall–Kier alpha value is -3.34. The van der Waals surface area contributed by atoms with Crippen LogP contribution < -0.4 is 10.2 Å². The Morgan fingerprint density at radius 2 is 1.67 bits per heavy atom. The van der Waals surface area contributed by atoms with Crippen LogP contribution in [-0.4, -0.2) is 36.3 Å². The normalized spacial score (nSPS) is 16.6. The second kappa shape index (κ2) is 8.19. The number of hydrogen-bond acceptors (Lipinski definition) is 4. The van der Waals surface area contributed by atoms with Crippen molar-refractivity contribution in [3.05, 3.63) is 77.5 Å². The Morgan fingerprint density at radius 3 is 2.30 bits per heavy atom. The van der Waals surface area contributed by atoms with Crippen LogP contribution in [0.3, 0.4) is 0 Å². The van der Waals surface area contributed by atoms with Crippen LogP contribution in [0, 0.1) is 13.8 Å². The van der Waals surface area contributed by atoms with Crippen molar-refractivity contribution in [1.29, 1.82) is 0 Å². The highest BCUT2D eigenvalue weighted by Crippen LogP contribution is 2.32. The minimum Gasteiger partial charge on any atom is -0.372 e. The summed E-state index contributed by atoms with van der Waals surface area (Å²) >= 11 is 0. The molecule has 0 radical (unpaired) electrons. The van der Waals surface area contributed by atoms with Crippen LogP contribution in [0.2, 0.25) is 0 Å². The van der Waals surface area contributed by atoms with Crippen LogP contribution in [0.4, 0.5) is 11.4 Å². The maximum atomic E-state index is 13.1. The molecule has 2 aromatic carbocycles. The molecule has 2 aromatic rings. The van der Waals surface area contributed by atoms with Gasteiger partial charge in [-0.1, -0.05) is 24.3 Å². The summed E-state index contributed by atoms with van der Waals surface area (Å²) in [5, 5.41) is 3.22. The van der Waals surface area contributed by atoms with Crippen molar-refractivity contribution >= 4 is 28.8 Å².